The van der Waals surface area contributed by atoms with Crippen molar-refractivity contribution in [2.75, 3.05) is 14.2 Å². The summed E-state index contributed by atoms with van der Waals surface area (Å²) in [5.74, 6) is -0.830. The number of aliphatic carboxylic acids is 1. The zero-order valence-electron chi connectivity index (χ0n) is 9.66. The van der Waals surface area contributed by atoms with Gasteiger partial charge in [-0.1, -0.05) is 12.1 Å². The molecule has 0 unspecified atom stereocenters. The van der Waals surface area contributed by atoms with Crippen molar-refractivity contribution in [3.8, 4) is 0 Å². The Hall–Kier alpha value is -0.653. The lowest BCUT2D eigenvalue weighted by Gasteiger charge is -2.11. The maximum atomic E-state index is 10.5. The number of rotatable bonds is 8. The fourth-order valence-corrected chi connectivity index (χ4v) is 2.78. The molecule has 0 aromatic heterocycles. The first kappa shape index (κ1) is 14.3. The largest absolute Gasteiger partial charge is 0.478 e. The molecule has 0 spiro atoms. The highest BCUT2D eigenvalue weighted by molar-refractivity contribution is 6.35. The molecule has 0 fully saturated rings. The predicted octanol–water partition coefficient (Wildman–Crippen LogP) is 1.03. The summed E-state index contributed by atoms with van der Waals surface area (Å²) in [6.07, 6.45) is 2.55. The smallest absolute Gasteiger partial charge is 0.330 e. The van der Waals surface area contributed by atoms with Gasteiger partial charge in [0.15, 0.2) is 6.29 Å². The summed E-state index contributed by atoms with van der Waals surface area (Å²) >= 11 is 0. The first-order chi connectivity index (χ1) is 7.11. The van der Waals surface area contributed by atoms with Crippen molar-refractivity contribution in [3.63, 3.8) is 0 Å². The molecule has 0 aliphatic heterocycles. The maximum Gasteiger partial charge on any atom is 0.330 e. The second-order valence-electron chi connectivity index (χ2n) is 3.38. The first-order valence-corrected chi connectivity index (χ1v) is 7.07. The minimum absolute atomic E-state index is 0.0822. The van der Waals surface area contributed by atoms with E-state index in [0.717, 1.165) is 18.5 Å². The molecule has 15 heavy (non-hydrogen) atoms. The summed E-state index contributed by atoms with van der Waals surface area (Å²) in [7, 11) is 3.06. The van der Waals surface area contributed by atoms with E-state index in [0.29, 0.717) is 5.57 Å². The van der Waals surface area contributed by atoms with E-state index in [-0.39, 0.29) is 15.8 Å². The van der Waals surface area contributed by atoms with Crippen molar-refractivity contribution in [1.82, 2.24) is 0 Å². The van der Waals surface area contributed by atoms with Gasteiger partial charge in [-0.25, -0.2) is 4.79 Å². The van der Waals surface area contributed by atoms with Crippen LogP contribution in [0.5, 0.6) is 0 Å². The third-order valence-corrected chi connectivity index (χ3v) is 4.00. The van der Waals surface area contributed by atoms with Crippen LogP contribution in [0.2, 0.25) is 12.1 Å². The number of allylic oxidation sites excluding steroid dienone is 1. The summed E-state index contributed by atoms with van der Waals surface area (Å²) < 4.78 is 10.1. The van der Waals surface area contributed by atoms with E-state index in [1.165, 1.54) is 0 Å². The van der Waals surface area contributed by atoms with Crippen LogP contribution in [0.1, 0.15) is 13.3 Å². The molecule has 0 radical (unpaired) electrons. The Morgan fingerprint density at radius 2 is 2.07 bits per heavy atom. The highest BCUT2D eigenvalue weighted by Crippen LogP contribution is 2.03. The van der Waals surface area contributed by atoms with Crippen molar-refractivity contribution in [2.45, 2.75) is 31.7 Å². The molecular formula is C10H20O4Si. The number of carboxylic acids is 1. The van der Waals surface area contributed by atoms with Gasteiger partial charge in [0.05, 0.1) is 0 Å². The van der Waals surface area contributed by atoms with E-state index in [1.54, 1.807) is 27.2 Å². The molecule has 1 N–H and O–H groups in total. The molecule has 4 nitrogen and oxygen atoms in total. The van der Waals surface area contributed by atoms with Crippen molar-refractivity contribution in [1.29, 1.82) is 0 Å². The average molecular weight is 232 g/mol. The highest BCUT2D eigenvalue weighted by Gasteiger charge is 2.04. The summed E-state index contributed by atoms with van der Waals surface area (Å²) in [5, 5.41) is 8.61. The number of hydrogen-bond donors (Lipinski definition) is 1. The minimum atomic E-state index is -0.830. The van der Waals surface area contributed by atoms with E-state index in [2.05, 4.69) is 0 Å². The summed E-state index contributed by atoms with van der Waals surface area (Å²) in [6, 6.07) is 2.07. The van der Waals surface area contributed by atoms with Crippen LogP contribution in [0, 0.1) is 0 Å². The van der Waals surface area contributed by atoms with Crippen molar-refractivity contribution in [3.05, 3.63) is 11.6 Å². The highest BCUT2D eigenvalue weighted by atomic mass is 28.2. The van der Waals surface area contributed by atoms with Gasteiger partial charge >= 0.3 is 5.97 Å². The van der Waals surface area contributed by atoms with Crippen LogP contribution in [0.3, 0.4) is 0 Å². The van der Waals surface area contributed by atoms with Gasteiger partial charge in [0.25, 0.3) is 0 Å². The van der Waals surface area contributed by atoms with Gasteiger partial charge in [0.2, 0.25) is 0 Å². The Balaban J connectivity index is 3.55. The van der Waals surface area contributed by atoms with Gasteiger partial charge in [-0.05, 0) is 19.4 Å². The van der Waals surface area contributed by atoms with E-state index >= 15 is 0 Å². The lowest BCUT2D eigenvalue weighted by Crippen LogP contribution is -2.14. The van der Waals surface area contributed by atoms with Gasteiger partial charge in [-0.15, -0.1) is 0 Å². The van der Waals surface area contributed by atoms with Gasteiger partial charge in [0.1, 0.15) is 0 Å². The Labute approximate surface area is 93.1 Å². The van der Waals surface area contributed by atoms with Crippen LogP contribution in [0.25, 0.3) is 0 Å². The van der Waals surface area contributed by atoms with Gasteiger partial charge in [-0.3, -0.25) is 0 Å². The third kappa shape index (κ3) is 7.30. The molecule has 0 heterocycles. The van der Waals surface area contributed by atoms with Crippen LogP contribution < -0.4 is 0 Å². The summed E-state index contributed by atoms with van der Waals surface area (Å²) in [6.45, 7) is 1.62. The zero-order valence-corrected chi connectivity index (χ0v) is 11.1. The number of ether oxygens (including phenoxy) is 2. The Morgan fingerprint density at radius 3 is 2.53 bits per heavy atom. The molecule has 0 aromatic carbocycles. The quantitative estimate of drug-likeness (QED) is 0.294. The van der Waals surface area contributed by atoms with Gasteiger partial charge in [0, 0.05) is 29.3 Å². The second kappa shape index (κ2) is 8.64. The van der Waals surface area contributed by atoms with E-state index < -0.39 is 5.97 Å². The van der Waals surface area contributed by atoms with E-state index in [9.17, 15) is 4.79 Å². The average Bonchev–Trinajstić information content (AvgIpc) is 2.23. The molecule has 88 valence electrons. The molecule has 0 saturated carbocycles. The fourth-order valence-electron chi connectivity index (χ4n) is 1.19. The predicted molar refractivity (Wildman–Crippen MR) is 62.0 cm³/mol. The SMILES string of the molecule is COC(C[SiH2]CCC=C(C)C(=O)O)OC. The fraction of sp³-hybridized carbons (Fsp3) is 0.700. The van der Waals surface area contributed by atoms with Crippen molar-refractivity contribution < 1.29 is 19.4 Å². The van der Waals surface area contributed by atoms with Crippen LogP contribution in [-0.4, -0.2) is 41.1 Å². The van der Waals surface area contributed by atoms with E-state index in [4.69, 9.17) is 14.6 Å². The number of hydrogen-bond acceptors (Lipinski definition) is 3. The zero-order chi connectivity index (χ0) is 11.7. The molecule has 0 saturated heterocycles. The summed E-state index contributed by atoms with van der Waals surface area (Å²) in [4.78, 5) is 10.5. The molecule has 0 amide bonds. The van der Waals surface area contributed by atoms with Crippen molar-refractivity contribution >= 4 is 15.5 Å². The molecule has 0 bridgehead atoms. The van der Waals surface area contributed by atoms with Gasteiger partial charge < -0.3 is 14.6 Å². The number of carboxylic acid groups (broad SMARTS) is 1. The normalized spacial score (nSPS) is 12.9. The molecule has 0 aliphatic rings. The molecule has 0 atom stereocenters. The standard InChI is InChI=1S/C10H20O4Si/c1-8(10(11)12)5-4-6-15-7-9(13-2)14-3/h5,9H,4,6-7,15H2,1-3H3,(H,11,12). The van der Waals surface area contributed by atoms with Crippen LogP contribution in [0.4, 0.5) is 0 Å². The molecule has 0 aliphatic carbocycles. The molecule has 0 aromatic rings. The van der Waals surface area contributed by atoms with Gasteiger partial charge in [-0.2, -0.15) is 0 Å². The van der Waals surface area contributed by atoms with Crippen LogP contribution in [0.15, 0.2) is 11.6 Å². The molecule has 0 rings (SSSR count). The van der Waals surface area contributed by atoms with Crippen molar-refractivity contribution in [2.24, 2.45) is 0 Å². The molecule has 5 heteroatoms. The lowest BCUT2D eigenvalue weighted by molar-refractivity contribution is -0.132. The van der Waals surface area contributed by atoms with Crippen LogP contribution >= 0.6 is 0 Å². The Morgan fingerprint density at radius 1 is 1.47 bits per heavy atom. The number of carbonyl (C=O) groups is 1. The summed E-state index contributed by atoms with van der Waals surface area (Å²) in [5.41, 5.74) is 0.430. The third-order valence-electron chi connectivity index (χ3n) is 2.21. The van der Waals surface area contributed by atoms with Crippen LogP contribution in [-0.2, 0) is 14.3 Å². The lowest BCUT2D eigenvalue weighted by atomic mass is 10.2. The Kier molecular flexibility index (Phi) is 8.26. The minimum Gasteiger partial charge on any atom is -0.478 e. The maximum absolute atomic E-state index is 10.5. The number of methoxy groups -OCH3 is 2. The second-order valence-corrected chi connectivity index (χ2v) is 5.37. The first-order valence-electron chi connectivity index (χ1n) is 5.07. The van der Waals surface area contributed by atoms with E-state index in [1.807, 2.05) is 0 Å². The Bertz CT molecular complexity index is 211. The topological polar surface area (TPSA) is 55.8 Å². The molecular weight excluding hydrogens is 212 g/mol. The monoisotopic (exact) mass is 232 g/mol.